The van der Waals surface area contributed by atoms with Crippen LogP contribution in [0.1, 0.15) is 5.56 Å². The van der Waals surface area contributed by atoms with Crippen LogP contribution in [0.25, 0.3) is 0 Å². The summed E-state index contributed by atoms with van der Waals surface area (Å²) in [6, 6.07) is 7.60. The smallest absolute Gasteiger partial charge is 0.218 e. The second-order valence-corrected chi connectivity index (χ2v) is 9.97. The number of hydrogen-bond acceptors (Lipinski definition) is 5. The predicted octanol–water partition coefficient (Wildman–Crippen LogP) is 3.40. The van der Waals surface area contributed by atoms with Gasteiger partial charge in [-0.05, 0) is 17.7 Å². The largest absolute Gasteiger partial charge is 0.270 e. The van der Waals surface area contributed by atoms with Crippen molar-refractivity contribution in [3.8, 4) is 0 Å². The summed E-state index contributed by atoms with van der Waals surface area (Å²) in [4.78, 5) is 0.0725. The first kappa shape index (κ1) is 16.0. The van der Waals surface area contributed by atoms with Gasteiger partial charge >= 0.3 is 0 Å². The van der Waals surface area contributed by atoms with Crippen molar-refractivity contribution in [2.75, 3.05) is 0 Å². The molecule has 2 rings (SSSR count). The Morgan fingerprint density at radius 2 is 1.80 bits per heavy atom. The third-order valence-corrected chi connectivity index (χ3v) is 8.14. The van der Waals surface area contributed by atoms with Crippen LogP contribution in [0.4, 0.5) is 0 Å². The Bertz CT molecular complexity index is 840. The van der Waals surface area contributed by atoms with E-state index >= 15 is 0 Å². The molecule has 0 spiro atoms. The highest BCUT2D eigenvalue weighted by Crippen LogP contribution is 2.31. The summed E-state index contributed by atoms with van der Waals surface area (Å²) in [7, 11) is -2.48. The van der Waals surface area contributed by atoms with Gasteiger partial charge in [0.1, 0.15) is 4.21 Å². The summed E-state index contributed by atoms with van der Waals surface area (Å²) in [5.74, 6) is 0. The lowest BCUT2D eigenvalue weighted by molar-refractivity contribution is 0.595. The van der Waals surface area contributed by atoms with Crippen LogP contribution in [0.3, 0.4) is 0 Å². The summed E-state index contributed by atoms with van der Waals surface area (Å²) in [5, 5.41) is 1.66. The van der Waals surface area contributed by atoms with Gasteiger partial charge in [-0.25, -0.2) is 16.8 Å². The van der Waals surface area contributed by atoms with Crippen LogP contribution in [0.2, 0.25) is 0 Å². The molecule has 9 heteroatoms. The zero-order chi connectivity index (χ0) is 15.0. The maximum atomic E-state index is 12.5. The van der Waals surface area contributed by atoms with Gasteiger partial charge in [0.25, 0.3) is 9.05 Å². The van der Waals surface area contributed by atoms with Crippen molar-refractivity contribution in [2.45, 2.75) is 19.3 Å². The van der Waals surface area contributed by atoms with Crippen molar-refractivity contribution in [2.24, 2.45) is 0 Å². The van der Waals surface area contributed by atoms with Crippen LogP contribution in [-0.2, 0) is 24.2 Å². The minimum absolute atomic E-state index is 0.0740. The van der Waals surface area contributed by atoms with Gasteiger partial charge in [-0.1, -0.05) is 34.1 Å². The predicted molar refractivity (Wildman–Crippen MR) is 81.9 cm³/mol. The van der Waals surface area contributed by atoms with Crippen LogP contribution in [0, 0.1) is 0 Å². The molecule has 0 saturated carbocycles. The van der Waals surface area contributed by atoms with Crippen LogP contribution >= 0.6 is 37.9 Å². The molecule has 0 radical (unpaired) electrons. The van der Waals surface area contributed by atoms with E-state index in [1.54, 1.807) is 18.2 Å². The monoisotopic (exact) mass is 414 g/mol. The van der Waals surface area contributed by atoms with Crippen molar-refractivity contribution in [3.63, 3.8) is 0 Å². The van der Waals surface area contributed by atoms with Crippen LogP contribution in [0.15, 0.2) is 49.7 Å². The lowest BCUT2D eigenvalue weighted by Crippen LogP contribution is -2.03. The van der Waals surface area contributed by atoms with E-state index in [0.29, 0.717) is 10.9 Å². The fourth-order valence-corrected chi connectivity index (χ4v) is 6.15. The van der Waals surface area contributed by atoms with E-state index in [0.717, 1.165) is 17.4 Å². The molecule has 0 atom stereocenters. The number of sulfone groups is 1. The maximum Gasteiger partial charge on any atom is 0.270 e. The molecule has 0 aliphatic heterocycles. The quantitative estimate of drug-likeness (QED) is 0.567. The van der Waals surface area contributed by atoms with Gasteiger partial charge < -0.3 is 0 Å². The van der Waals surface area contributed by atoms with E-state index in [4.69, 9.17) is 10.7 Å². The molecule has 1 heterocycles. The molecule has 20 heavy (non-hydrogen) atoms. The molecule has 108 valence electrons. The first-order valence-electron chi connectivity index (χ1n) is 5.19. The first-order chi connectivity index (χ1) is 9.26. The summed E-state index contributed by atoms with van der Waals surface area (Å²) in [6.07, 6.45) is 0. The molecule has 0 amide bonds. The third kappa shape index (κ3) is 3.09. The van der Waals surface area contributed by atoms with Crippen LogP contribution in [0.5, 0.6) is 0 Å². The van der Waals surface area contributed by atoms with Crippen molar-refractivity contribution >= 4 is 56.8 Å². The number of hydrogen-bond donors (Lipinski definition) is 0. The van der Waals surface area contributed by atoms with Gasteiger partial charge in [0.05, 0.1) is 9.79 Å². The average Bonchev–Trinajstić information content (AvgIpc) is 2.88. The topological polar surface area (TPSA) is 68.3 Å². The number of halogens is 2. The molecule has 2 aromatic rings. The van der Waals surface area contributed by atoms with Crippen LogP contribution in [-0.4, -0.2) is 16.8 Å². The molecule has 0 fully saturated rings. The average molecular weight is 416 g/mol. The molecule has 0 bridgehead atoms. The fraction of sp³-hybridized carbons (Fsp3) is 0.0909. The summed E-state index contributed by atoms with van der Waals surface area (Å²) in [6.45, 7) is 0. The van der Waals surface area contributed by atoms with E-state index in [1.807, 2.05) is 0 Å². The highest BCUT2D eigenvalue weighted by Gasteiger charge is 2.24. The number of thiophene rings is 1. The summed E-state index contributed by atoms with van der Waals surface area (Å²) in [5.41, 5.74) is 0.606. The van der Waals surface area contributed by atoms with Gasteiger partial charge in [0.2, 0.25) is 9.84 Å². The molecule has 0 aliphatic carbocycles. The molecular weight excluding hydrogens is 408 g/mol. The van der Waals surface area contributed by atoms with E-state index in [-0.39, 0.29) is 14.0 Å². The highest BCUT2D eigenvalue weighted by molar-refractivity contribution is 9.08. The van der Waals surface area contributed by atoms with E-state index in [2.05, 4.69) is 15.9 Å². The Labute approximate surface area is 133 Å². The second kappa shape index (κ2) is 5.76. The minimum atomic E-state index is -3.92. The highest BCUT2D eigenvalue weighted by atomic mass is 79.9. The Kier molecular flexibility index (Phi) is 4.60. The maximum absolute atomic E-state index is 12.5. The van der Waals surface area contributed by atoms with E-state index in [1.165, 1.54) is 11.4 Å². The van der Waals surface area contributed by atoms with Gasteiger partial charge in [-0.15, -0.1) is 11.3 Å². The minimum Gasteiger partial charge on any atom is -0.218 e. The molecule has 1 aromatic carbocycles. The van der Waals surface area contributed by atoms with Crippen molar-refractivity contribution in [3.05, 3.63) is 41.3 Å². The lowest BCUT2D eigenvalue weighted by Gasteiger charge is -2.06. The zero-order valence-corrected chi connectivity index (χ0v) is 14.6. The van der Waals surface area contributed by atoms with Crippen molar-refractivity contribution in [1.82, 2.24) is 0 Å². The fourth-order valence-electron chi connectivity index (χ4n) is 1.57. The Hall–Kier alpha value is -0.410. The first-order valence-corrected chi connectivity index (χ1v) is 11.0. The van der Waals surface area contributed by atoms with Crippen molar-refractivity contribution in [1.29, 1.82) is 0 Å². The second-order valence-electron chi connectivity index (χ2n) is 3.78. The van der Waals surface area contributed by atoms with Crippen molar-refractivity contribution < 1.29 is 16.8 Å². The lowest BCUT2D eigenvalue weighted by atomic mass is 10.2. The SMILES string of the molecule is O=S(=O)(Cl)c1cc(S(=O)(=O)c2ccccc2CBr)cs1. The standard InChI is InChI=1S/C11H8BrClO4S3/c12-6-8-3-1-2-4-10(8)19(14,15)9-5-11(18-7-9)20(13,16)17/h1-5,7H,6H2. The van der Waals surface area contributed by atoms with Gasteiger partial charge in [-0.2, -0.15) is 0 Å². The molecule has 4 nitrogen and oxygen atoms in total. The van der Waals surface area contributed by atoms with Gasteiger partial charge in [0, 0.05) is 21.4 Å². The summed E-state index contributed by atoms with van der Waals surface area (Å²) < 4.78 is 47.2. The number of rotatable bonds is 4. The molecule has 0 aliphatic rings. The van der Waals surface area contributed by atoms with E-state index in [9.17, 15) is 16.8 Å². The molecular formula is C11H8BrClO4S3. The number of alkyl halides is 1. The Morgan fingerprint density at radius 3 is 2.35 bits per heavy atom. The Balaban J connectivity index is 2.59. The van der Waals surface area contributed by atoms with Gasteiger partial charge in [0.15, 0.2) is 0 Å². The number of benzene rings is 1. The third-order valence-electron chi connectivity index (χ3n) is 2.51. The van der Waals surface area contributed by atoms with E-state index < -0.39 is 18.9 Å². The normalized spacial score (nSPS) is 12.5. The van der Waals surface area contributed by atoms with Gasteiger partial charge in [-0.3, -0.25) is 0 Å². The Morgan fingerprint density at radius 1 is 1.15 bits per heavy atom. The molecule has 0 unspecified atom stereocenters. The molecule has 0 saturated heterocycles. The molecule has 1 aromatic heterocycles. The summed E-state index contributed by atoms with van der Waals surface area (Å²) >= 11 is 4.01. The zero-order valence-electron chi connectivity index (χ0n) is 9.78. The van der Waals surface area contributed by atoms with Crippen LogP contribution < -0.4 is 0 Å². The molecule has 0 N–H and O–H groups in total.